The number of benzene rings is 7. The van der Waals surface area contributed by atoms with E-state index in [1.165, 1.54) is 60.5 Å². The van der Waals surface area contributed by atoms with E-state index in [1.807, 2.05) is 0 Å². The lowest BCUT2D eigenvalue weighted by Gasteiger charge is -2.32. The predicted octanol–water partition coefficient (Wildman–Crippen LogP) is 13.0. The molecule has 1 atom stereocenters. The Morgan fingerprint density at radius 2 is 1.00 bits per heavy atom. The molecule has 230 valence electrons. The summed E-state index contributed by atoms with van der Waals surface area (Å²) in [6.07, 6.45) is 6.69. The Bertz CT molecular complexity index is 2230. The SMILES string of the molecule is C/C=C(C)\C=C/C(C)N(c1ccccc1)c1cc2c3ccccc3c(N(c3ccccc3)c3ccc(C)cc3)cc2c2ccccc12. The van der Waals surface area contributed by atoms with Gasteiger partial charge in [0.25, 0.3) is 0 Å². The Kier molecular flexibility index (Phi) is 8.33. The number of anilines is 5. The monoisotopic (exact) mass is 608 g/mol. The Labute approximate surface area is 278 Å². The number of allylic oxidation sites excluding steroid dienone is 3. The standard InChI is InChI=1S/C45H40N2/c1-5-32(2)24-27-34(4)46(35-16-8-6-9-17-35)44-30-42-39-21-13-15-23-41(39)45(31-43(42)38-20-12-14-22-40(38)44)47(36-18-10-7-11-19-36)37-28-25-33(3)26-29-37/h5-31,34H,1-4H3/b27-24-,32-5-. The van der Waals surface area contributed by atoms with Crippen LogP contribution in [0.25, 0.3) is 32.3 Å². The fraction of sp³-hybridized carbons (Fsp3) is 0.111. The zero-order valence-electron chi connectivity index (χ0n) is 27.6. The van der Waals surface area contributed by atoms with Gasteiger partial charge in [0, 0.05) is 33.9 Å². The van der Waals surface area contributed by atoms with Crippen molar-refractivity contribution in [2.24, 2.45) is 0 Å². The summed E-state index contributed by atoms with van der Waals surface area (Å²) >= 11 is 0. The molecule has 0 radical (unpaired) electrons. The first-order valence-corrected chi connectivity index (χ1v) is 16.5. The van der Waals surface area contributed by atoms with Crippen LogP contribution in [0.2, 0.25) is 0 Å². The minimum Gasteiger partial charge on any atom is -0.334 e. The summed E-state index contributed by atoms with van der Waals surface area (Å²) in [5, 5.41) is 7.42. The van der Waals surface area contributed by atoms with E-state index in [1.54, 1.807) is 0 Å². The first-order valence-electron chi connectivity index (χ1n) is 16.5. The van der Waals surface area contributed by atoms with E-state index in [2.05, 4.69) is 201 Å². The van der Waals surface area contributed by atoms with Gasteiger partial charge in [0.1, 0.15) is 0 Å². The second-order valence-corrected chi connectivity index (χ2v) is 12.3. The number of hydrogen-bond acceptors (Lipinski definition) is 2. The van der Waals surface area contributed by atoms with Gasteiger partial charge in [-0.1, -0.05) is 126 Å². The first kappa shape index (κ1) is 30.1. The second kappa shape index (κ2) is 13.0. The van der Waals surface area contributed by atoms with Gasteiger partial charge in [-0.05, 0) is 97.8 Å². The molecule has 7 aromatic rings. The molecule has 0 aromatic heterocycles. The Morgan fingerprint density at radius 3 is 1.57 bits per heavy atom. The highest BCUT2D eigenvalue weighted by Crippen LogP contribution is 2.46. The Morgan fingerprint density at radius 1 is 0.532 bits per heavy atom. The van der Waals surface area contributed by atoms with Crippen molar-refractivity contribution in [2.75, 3.05) is 9.80 Å². The molecular formula is C45H40N2. The van der Waals surface area contributed by atoms with Crippen molar-refractivity contribution >= 4 is 60.8 Å². The van der Waals surface area contributed by atoms with Gasteiger partial charge in [-0.25, -0.2) is 0 Å². The van der Waals surface area contributed by atoms with Gasteiger partial charge in [-0.2, -0.15) is 0 Å². The van der Waals surface area contributed by atoms with Crippen LogP contribution in [0, 0.1) is 6.92 Å². The van der Waals surface area contributed by atoms with E-state index in [4.69, 9.17) is 0 Å². The number of aryl methyl sites for hydroxylation is 1. The van der Waals surface area contributed by atoms with Crippen molar-refractivity contribution in [1.82, 2.24) is 0 Å². The molecule has 0 bridgehead atoms. The molecule has 47 heavy (non-hydrogen) atoms. The van der Waals surface area contributed by atoms with Gasteiger partial charge in [-0.15, -0.1) is 0 Å². The highest BCUT2D eigenvalue weighted by atomic mass is 15.2. The van der Waals surface area contributed by atoms with Crippen LogP contribution in [0.5, 0.6) is 0 Å². The van der Waals surface area contributed by atoms with Gasteiger partial charge < -0.3 is 9.80 Å². The number of nitrogens with zero attached hydrogens (tertiary/aromatic N) is 2. The lowest BCUT2D eigenvalue weighted by atomic mass is 9.93. The van der Waals surface area contributed by atoms with Crippen LogP contribution >= 0.6 is 0 Å². The van der Waals surface area contributed by atoms with Crippen LogP contribution in [-0.4, -0.2) is 6.04 Å². The minimum absolute atomic E-state index is 0.119. The predicted molar refractivity (Wildman–Crippen MR) is 205 cm³/mol. The average Bonchev–Trinajstić information content (AvgIpc) is 3.12. The van der Waals surface area contributed by atoms with Crippen molar-refractivity contribution in [3.05, 3.63) is 175 Å². The first-order chi connectivity index (χ1) is 23.0. The zero-order valence-corrected chi connectivity index (χ0v) is 27.6. The van der Waals surface area contributed by atoms with E-state index in [9.17, 15) is 0 Å². The van der Waals surface area contributed by atoms with Crippen LogP contribution in [0.3, 0.4) is 0 Å². The summed E-state index contributed by atoms with van der Waals surface area (Å²) < 4.78 is 0. The van der Waals surface area contributed by atoms with E-state index in [-0.39, 0.29) is 6.04 Å². The van der Waals surface area contributed by atoms with Gasteiger partial charge in [0.15, 0.2) is 0 Å². The molecule has 0 spiro atoms. The fourth-order valence-electron chi connectivity index (χ4n) is 6.65. The maximum atomic E-state index is 2.48. The van der Waals surface area contributed by atoms with Gasteiger partial charge >= 0.3 is 0 Å². The molecule has 0 aliphatic rings. The lowest BCUT2D eigenvalue weighted by molar-refractivity contribution is 0.867. The number of hydrogen-bond donors (Lipinski definition) is 0. The molecule has 0 saturated carbocycles. The maximum absolute atomic E-state index is 2.48. The summed E-state index contributed by atoms with van der Waals surface area (Å²) in [5.74, 6) is 0. The lowest BCUT2D eigenvalue weighted by Crippen LogP contribution is -2.26. The van der Waals surface area contributed by atoms with Gasteiger partial charge in [0.05, 0.1) is 11.4 Å². The molecule has 0 fully saturated rings. The molecule has 7 rings (SSSR count). The molecular weight excluding hydrogens is 569 g/mol. The number of rotatable bonds is 8. The number of fused-ring (bicyclic) bond motifs is 5. The molecule has 0 aliphatic carbocycles. The summed E-state index contributed by atoms with van der Waals surface area (Å²) in [6.45, 7) is 8.67. The molecule has 0 saturated heterocycles. The third-order valence-corrected chi connectivity index (χ3v) is 9.18. The van der Waals surface area contributed by atoms with Crippen LogP contribution in [0.4, 0.5) is 28.4 Å². The third-order valence-electron chi connectivity index (χ3n) is 9.18. The smallest absolute Gasteiger partial charge is 0.0546 e. The zero-order chi connectivity index (χ0) is 32.3. The summed E-state index contributed by atoms with van der Waals surface area (Å²) in [6, 6.07) is 53.0. The quantitative estimate of drug-likeness (QED) is 0.125. The van der Waals surface area contributed by atoms with Crippen molar-refractivity contribution < 1.29 is 0 Å². The van der Waals surface area contributed by atoms with Crippen LogP contribution in [0.15, 0.2) is 169 Å². The Balaban J connectivity index is 1.54. The van der Waals surface area contributed by atoms with E-state index < -0.39 is 0 Å². The minimum atomic E-state index is 0.119. The van der Waals surface area contributed by atoms with Crippen molar-refractivity contribution in [3.63, 3.8) is 0 Å². The van der Waals surface area contributed by atoms with E-state index in [0.717, 1.165) is 11.4 Å². The van der Waals surface area contributed by atoms with Crippen molar-refractivity contribution in [1.29, 1.82) is 0 Å². The Hall–Kier alpha value is -5.60. The normalized spacial score (nSPS) is 12.6. The topological polar surface area (TPSA) is 6.48 Å². The molecule has 0 N–H and O–H groups in total. The van der Waals surface area contributed by atoms with Gasteiger partial charge in [0.2, 0.25) is 0 Å². The van der Waals surface area contributed by atoms with Crippen LogP contribution in [-0.2, 0) is 0 Å². The average molecular weight is 609 g/mol. The van der Waals surface area contributed by atoms with E-state index >= 15 is 0 Å². The fourth-order valence-corrected chi connectivity index (χ4v) is 6.65. The molecule has 7 aromatic carbocycles. The number of para-hydroxylation sites is 2. The van der Waals surface area contributed by atoms with Crippen molar-refractivity contribution in [2.45, 2.75) is 33.7 Å². The maximum Gasteiger partial charge on any atom is 0.0546 e. The second-order valence-electron chi connectivity index (χ2n) is 12.3. The van der Waals surface area contributed by atoms with E-state index in [0.29, 0.717) is 0 Å². The highest BCUT2D eigenvalue weighted by molar-refractivity contribution is 6.24. The highest BCUT2D eigenvalue weighted by Gasteiger charge is 2.22. The molecule has 0 amide bonds. The summed E-state index contributed by atoms with van der Waals surface area (Å²) in [7, 11) is 0. The summed E-state index contributed by atoms with van der Waals surface area (Å²) in [5.41, 5.74) is 8.31. The molecule has 0 heterocycles. The molecule has 0 aliphatic heterocycles. The van der Waals surface area contributed by atoms with Crippen molar-refractivity contribution in [3.8, 4) is 0 Å². The van der Waals surface area contributed by atoms with Crippen LogP contribution in [0.1, 0.15) is 26.3 Å². The largest absolute Gasteiger partial charge is 0.334 e. The molecule has 1 unspecified atom stereocenters. The van der Waals surface area contributed by atoms with Crippen LogP contribution < -0.4 is 9.80 Å². The van der Waals surface area contributed by atoms with Gasteiger partial charge in [-0.3, -0.25) is 0 Å². The third kappa shape index (κ3) is 5.79. The summed E-state index contributed by atoms with van der Waals surface area (Å²) in [4.78, 5) is 4.88. The molecule has 2 nitrogen and oxygen atoms in total. The molecule has 2 heteroatoms.